The van der Waals surface area contributed by atoms with Gasteiger partial charge in [-0.2, -0.15) is 0 Å². The molecule has 1 aromatic rings. The van der Waals surface area contributed by atoms with Crippen molar-refractivity contribution in [3.8, 4) is 0 Å². The molecule has 1 aromatic carbocycles. The first kappa shape index (κ1) is 19.3. The average Bonchev–Trinajstić information content (AvgIpc) is 2.65. The largest absolute Gasteiger partial charge is 0.365 e. The molecule has 1 fully saturated rings. The number of hydrogen-bond acceptors (Lipinski definition) is 7. The van der Waals surface area contributed by atoms with Crippen molar-refractivity contribution in [1.29, 1.82) is 0 Å². The number of ether oxygens (including phenoxy) is 5. The predicted octanol–water partition coefficient (Wildman–Crippen LogP) is 1.81. The van der Waals surface area contributed by atoms with E-state index in [-0.39, 0.29) is 25.7 Å². The zero-order chi connectivity index (χ0) is 18.1. The number of rotatable bonds is 9. The van der Waals surface area contributed by atoms with Gasteiger partial charge in [0.15, 0.2) is 18.2 Å². The fraction of sp³-hybridized carbons (Fsp3) is 0.562. The summed E-state index contributed by atoms with van der Waals surface area (Å²) in [5, 5.41) is 3.40. The summed E-state index contributed by atoms with van der Waals surface area (Å²) in [7, 11) is 2.90. The lowest BCUT2D eigenvalue weighted by Gasteiger charge is -2.39. The minimum absolute atomic E-state index is 0.0910. The molecule has 1 aliphatic heterocycles. The molecule has 9 heteroatoms. The van der Waals surface area contributed by atoms with Crippen LogP contribution < -0.4 is 0 Å². The highest BCUT2D eigenvalue weighted by Gasteiger charge is 2.46. The van der Waals surface area contributed by atoms with Crippen molar-refractivity contribution in [2.75, 3.05) is 27.6 Å². The highest BCUT2D eigenvalue weighted by molar-refractivity contribution is 5.89. The number of carbonyl (C=O) groups excluding carboxylic acids is 1. The van der Waals surface area contributed by atoms with E-state index in [4.69, 9.17) is 29.2 Å². The molecule has 2 rings (SSSR count). The number of carbonyl (C=O) groups is 1. The number of methoxy groups -OCH3 is 2. The van der Waals surface area contributed by atoms with E-state index in [0.29, 0.717) is 0 Å². The summed E-state index contributed by atoms with van der Waals surface area (Å²) in [5.74, 6) is -0.379. The summed E-state index contributed by atoms with van der Waals surface area (Å²) in [6.07, 6.45) is -3.54. The zero-order valence-electron chi connectivity index (χ0n) is 14.1. The van der Waals surface area contributed by atoms with Gasteiger partial charge in [-0.3, -0.25) is 4.79 Å². The average molecular weight is 351 g/mol. The highest BCUT2D eigenvalue weighted by Crippen LogP contribution is 2.25. The number of Topliss-reactive ketones (excluding diaryl/α,β-unsaturated/α-hetero) is 1. The van der Waals surface area contributed by atoms with Gasteiger partial charge in [-0.05, 0) is 11.1 Å². The SMILES string of the molecule is COCO[C@H]1C(=O)[C@@H](CN=[N+]=[N-])O[C@H](OC)[C@@H]1OCc1ccccc1. The van der Waals surface area contributed by atoms with E-state index >= 15 is 0 Å². The lowest BCUT2D eigenvalue weighted by molar-refractivity contribution is -0.269. The third kappa shape index (κ3) is 5.23. The molecule has 136 valence electrons. The fourth-order valence-corrected chi connectivity index (χ4v) is 2.48. The van der Waals surface area contributed by atoms with E-state index in [1.807, 2.05) is 30.3 Å². The normalized spacial score (nSPS) is 26.2. The van der Waals surface area contributed by atoms with E-state index < -0.39 is 24.6 Å². The first-order valence-corrected chi connectivity index (χ1v) is 7.70. The van der Waals surface area contributed by atoms with Crippen molar-refractivity contribution in [3.05, 3.63) is 46.3 Å². The quantitative estimate of drug-likeness (QED) is 0.290. The lowest BCUT2D eigenvalue weighted by atomic mass is 10.00. The summed E-state index contributed by atoms with van der Waals surface area (Å²) < 4.78 is 27.1. The van der Waals surface area contributed by atoms with E-state index in [2.05, 4.69) is 10.0 Å². The van der Waals surface area contributed by atoms with E-state index in [1.54, 1.807) is 0 Å². The molecule has 25 heavy (non-hydrogen) atoms. The van der Waals surface area contributed by atoms with Crippen molar-refractivity contribution in [2.24, 2.45) is 5.11 Å². The first-order chi connectivity index (χ1) is 12.2. The van der Waals surface area contributed by atoms with Gasteiger partial charge in [0.25, 0.3) is 0 Å². The molecular formula is C16H21N3O6. The maximum absolute atomic E-state index is 12.6. The van der Waals surface area contributed by atoms with Crippen molar-refractivity contribution in [3.63, 3.8) is 0 Å². The number of nitrogens with zero attached hydrogens (tertiary/aromatic N) is 3. The molecular weight excluding hydrogens is 330 g/mol. The molecule has 0 saturated carbocycles. The van der Waals surface area contributed by atoms with Crippen LogP contribution in [-0.2, 0) is 35.1 Å². The Kier molecular flexibility index (Phi) is 7.80. The zero-order valence-corrected chi connectivity index (χ0v) is 14.1. The van der Waals surface area contributed by atoms with Crippen molar-refractivity contribution < 1.29 is 28.5 Å². The Morgan fingerprint density at radius 3 is 2.64 bits per heavy atom. The van der Waals surface area contributed by atoms with Gasteiger partial charge < -0.3 is 23.7 Å². The van der Waals surface area contributed by atoms with Crippen LogP contribution in [-0.4, -0.2) is 57.9 Å². The van der Waals surface area contributed by atoms with Crippen LogP contribution in [0.25, 0.3) is 10.4 Å². The van der Waals surface area contributed by atoms with Gasteiger partial charge in [-0.1, -0.05) is 35.4 Å². The van der Waals surface area contributed by atoms with Crippen molar-refractivity contribution in [2.45, 2.75) is 31.2 Å². The third-order valence-corrected chi connectivity index (χ3v) is 3.66. The van der Waals surface area contributed by atoms with Gasteiger partial charge in [-0.15, -0.1) is 0 Å². The standard InChI is InChI=1S/C16H21N3O6/c1-21-10-24-14-13(20)12(8-18-19-17)25-16(22-2)15(14)23-9-11-6-4-3-5-7-11/h3-7,12,14-16H,8-10H2,1-2H3/t12-,14+,15-,16+/m1/s1. The highest BCUT2D eigenvalue weighted by atomic mass is 16.7. The summed E-state index contributed by atoms with van der Waals surface area (Å²) in [5.41, 5.74) is 9.40. The molecule has 9 nitrogen and oxygen atoms in total. The van der Waals surface area contributed by atoms with Crippen LogP contribution in [0, 0.1) is 0 Å². The Balaban J connectivity index is 2.14. The van der Waals surface area contributed by atoms with Crippen molar-refractivity contribution in [1.82, 2.24) is 0 Å². The maximum Gasteiger partial charge on any atom is 0.193 e. The number of ketones is 1. The van der Waals surface area contributed by atoms with Gasteiger partial charge in [-0.25, -0.2) is 0 Å². The molecule has 0 radical (unpaired) electrons. The minimum Gasteiger partial charge on any atom is -0.365 e. The number of benzene rings is 1. The Labute approximate surface area is 145 Å². The lowest BCUT2D eigenvalue weighted by Crippen LogP contribution is -2.58. The monoisotopic (exact) mass is 351 g/mol. The molecule has 0 aromatic heterocycles. The van der Waals surface area contributed by atoms with E-state index in [1.165, 1.54) is 14.2 Å². The molecule has 1 aliphatic rings. The molecule has 0 spiro atoms. The minimum atomic E-state index is -0.959. The predicted molar refractivity (Wildman–Crippen MR) is 86.5 cm³/mol. The van der Waals surface area contributed by atoms with Crippen LogP contribution in [0.5, 0.6) is 0 Å². The van der Waals surface area contributed by atoms with Gasteiger partial charge >= 0.3 is 0 Å². The summed E-state index contributed by atoms with van der Waals surface area (Å²) in [4.78, 5) is 15.2. The molecule has 0 amide bonds. The fourth-order valence-electron chi connectivity index (χ4n) is 2.48. The summed E-state index contributed by atoms with van der Waals surface area (Å²) in [6, 6.07) is 9.50. The molecule has 4 atom stereocenters. The summed E-state index contributed by atoms with van der Waals surface area (Å²) >= 11 is 0. The van der Waals surface area contributed by atoms with Crippen molar-refractivity contribution >= 4 is 5.78 Å². The first-order valence-electron chi connectivity index (χ1n) is 7.70. The number of hydrogen-bond donors (Lipinski definition) is 0. The maximum atomic E-state index is 12.6. The van der Waals surface area contributed by atoms with Gasteiger partial charge in [0.1, 0.15) is 19.0 Å². The summed E-state index contributed by atoms with van der Waals surface area (Å²) in [6.45, 7) is 0.0234. The second-order valence-corrected chi connectivity index (χ2v) is 5.30. The Morgan fingerprint density at radius 1 is 1.24 bits per heavy atom. The molecule has 0 unspecified atom stereocenters. The topological polar surface area (TPSA) is 112 Å². The Morgan fingerprint density at radius 2 is 2.00 bits per heavy atom. The van der Waals surface area contributed by atoms with Crippen LogP contribution in [0.15, 0.2) is 35.4 Å². The van der Waals surface area contributed by atoms with E-state index in [9.17, 15) is 4.79 Å². The second-order valence-electron chi connectivity index (χ2n) is 5.30. The Hall–Kier alpha value is -2.00. The molecule has 1 saturated heterocycles. The van der Waals surface area contributed by atoms with Crippen LogP contribution in [0.2, 0.25) is 0 Å². The van der Waals surface area contributed by atoms with Gasteiger partial charge in [0, 0.05) is 19.1 Å². The second kappa shape index (κ2) is 10.1. The smallest absolute Gasteiger partial charge is 0.193 e. The third-order valence-electron chi connectivity index (χ3n) is 3.66. The Bertz CT molecular complexity index is 593. The van der Waals surface area contributed by atoms with Gasteiger partial charge in [0.05, 0.1) is 13.2 Å². The van der Waals surface area contributed by atoms with Crippen LogP contribution in [0.1, 0.15) is 5.56 Å². The van der Waals surface area contributed by atoms with Crippen LogP contribution in [0.3, 0.4) is 0 Å². The molecule has 1 heterocycles. The van der Waals surface area contributed by atoms with Crippen LogP contribution >= 0.6 is 0 Å². The van der Waals surface area contributed by atoms with Gasteiger partial charge in [0.2, 0.25) is 0 Å². The van der Waals surface area contributed by atoms with E-state index in [0.717, 1.165) is 5.56 Å². The number of azide groups is 1. The molecule has 0 N–H and O–H groups in total. The molecule has 0 bridgehead atoms. The molecule has 0 aliphatic carbocycles. The van der Waals surface area contributed by atoms with Crippen LogP contribution in [0.4, 0.5) is 0 Å².